The highest BCUT2D eigenvalue weighted by molar-refractivity contribution is 5.78. The Kier molecular flexibility index (Phi) is 2.05. The molecule has 14 heavy (non-hydrogen) atoms. The fraction of sp³-hybridized carbons (Fsp3) is 0.100. The first-order valence-corrected chi connectivity index (χ1v) is 4.22. The van der Waals surface area contributed by atoms with E-state index < -0.39 is 0 Å². The number of fused-ring (bicyclic) bond motifs is 1. The van der Waals surface area contributed by atoms with E-state index in [4.69, 9.17) is 5.73 Å². The molecular weight excluding hydrogens is 183 g/mol. The van der Waals surface area contributed by atoms with Crippen molar-refractivity contribution in [3.63, 3.8) is 0 Å². The van der Waals surface area contributed by atoms with Gasteiger partial charge >= 0.3 is 0 Å². The van der Waals surface area contributed by atoms with Gasteiger partial charge in [0.25, 0.3) is 5.56 Å². The summed E-state index contributed by atoms with van der Waals surface area (Å²) in [6.45, 7) is 0.183. The lowest BCUT2D eigenvalue weighted by atomic mass is 10.1. The molecule has 0 radical (unpaired) electrons. The van der Waals surface area contributed by atoms with E-state index in [1.807, 2.05) is 0 Å². The maximum atomic E-state index is 12.8. The number of H-pyrrole nitrogens is 1. The molecule has 0 unspecified atom stereocenters. The number of aromatic nitrogens is 1. The molecule has 0 aliphatic carbocycles. The Morgan fingerprint density at radius 1 is 1.36 bits per heavy atom. The number of pyridine rings is 1. The molecule has 1 aromatic carbocycles. The summed E-state index contributed by atoms with van der Waals surface area (Å²) < 4.78 is 12.8. The lowest BCUT2D eigenvalue weighted by Gasteiger charge is -2.00. The van der Waals surface area contributed by atoms with Crippen LogP contribution in [0.5, 0.6) is 0 Å². The molecule has 1 heterocycles. The van der Waals surface area contributed by atoms with Gasteiger partial charge in [0.2, 0.25) is 0 Å². The highest BCUT2D eigenvalue weighted by Gasteiger charge is 2.01. The summed E-state index contributed by atoms with van der Waals surface area (Å²) in [7, 11) is 0. The second-order valence-electron chi connectivity index (χ2n) is 3.06. The van der Waals surface area contributed by atoms with Gasteiger partial charge in [0.15, 0.2) is 0 Å². The van der Waals surface area contributed by atoms with Gasteiger partial charge in [0.05, 0.1) is 5.52 Å². The van der Waals surface area contributed by atoms with Gasteiger partial charge in [-0.25, -0.2) is 4.39 Å². The van der Waals surface area contributed by atoms with Crippen molar-refractivity contribution in [1.82, 2.24) is 4.98 Å². The maximum absolute atomic E-state index is 12.8. The highest BCUT2D eigenvalue weighted by atomic mass is 19.1. The van der Waals surface area contributed by atoms with Gasteiger partial charge in [0, 0.05) is 12.1 Å². The van der Waals surface area contributed by atoms with Crippen molar-refractivity contribution >= 4 is 10.9 Å². The number of hydrogen-bond donors (Lipinski definition) is 2. The molecule has 0 saturated carbocycles. The molecular formula is C10H9FN2O. The minimum absolute atomic E-state index is 0.183. The minimum atomic E-state index is -0.367. The molecule has 0 amide bonds. The van der Waals surface area contributed by atoms with Crippen LogP contribution in [0.15, 0.2) is 29.1 Å². The number of hydrogen-bond acceptors (Lipinski definition) is 2. The molecule has 1 aromatic heterocycles. The Balaban J connectivity index is 2.79. The normalized spacial score (nSPS) is 10.7. The summed E-state index contributed by atoms with van der Waals surface area (Å²) in [6.07, 6.45) is 0. The van der Waals surface area contributed by atoms with Gasteiger partial charge in [-0.2, -0.15) is 0 Å². The molecule has 0 bridgehead atoms. The largest absolute Gasteiger partial charge is 0.326 e. The Bertz CT molecular complexity index is 533. The number of nitrogens with one attached hydrogen (secondary N) is 1. The molecule has 0 spiro atoms. The second-order valence-corrected chi connectivity index (χ2v) is 3.06. The quantitative estimate of drug-likeness (QED) is 0.711. The van der Waals surface area contributed by atoms with Crippen LogP contribution in [0.1, 0.15) is 5.56 Å². The van der Waals surface area contributed by atoms with E-state index in [1.54, 1.807) is 12.1 Å². The molecule has 0 atom stereocenters. The van der Waals surface area contributed by atoms with E-state index in [2.05, 4.69) is 4.98 Å². The number of halogens is 1. The van der Waals surface area contributed by atoms with Gasteiger partial charge < -0.3 is 10.7 Å². The Hall–Kier alpha value is -1.68. The van der Waals surface area contributed by atoms with Gasteiger partial charge in [-0.05, 0) is 29.7 Å². The first-order chi connectivity index (χ1) is 6.70. The molecule has 2 aromatic rings. The van der Waals surface area contributed by atoms with Crippen LogP contribution >= 0.6 is 0 Å². The lowest BCUT2D eigenvalue weighted by molar-refractivity contribution is 0.629. The highest BCUT2D eigenvalue weighted by Crippen LogP contribution is 2.12. The summed E-state index contributed by atoms with van der Waals surface area (Å²) in [5, 5.41) is 0.784. The van der Waals surface area contributed by atoms with Crippen LogP contribution in [0.3, 0.4) is 0 Å². The van der Waals surface area contributed by atoms with Crippen LogP contribution in [-0.4, -0.2) is 4.98 Å². The molecule has 0 saturated heterocycles. The van der Waals surface area contributed by atoms with E-state index in [0.29, 0.717) is 11.1 Å². The van der Waals surface area contributed by atoms with Crippen molar-refractivity contribution in [2.75, 3.05) is 0 Å². The summed E-state index contributed by atoms with van der Waals surface area (Å²) in [5.74, 6) is -0.367. The molecule has 2 rings (SSSR count). The average Bonchev–Trinajstić information content (AvgIpc) is 2.16. The number of aromatic amines is 1. The van der Waals surface area contributed by atoms with Crippen LogP contribution in [0.25, 0.3) is 10.9 Å². The Morgan fingerprint density at radius 3 is 2.86 bits per heavy atom. The number of rotatable bonds is 1. The van der Waals surface area contributed by atoms with Gasteiger partial charge in [-0.3, -0.25) is 4.79 Å². The lowest BCUT2D eigenvalue weighted by Crippen LogP contribution is -2.15. The number of benzene rings is 1. The van der Waals surface area contributed by atoms with E-state index in [-0.39, 0.29) is 17.9 Å². The molecule has 72 valence electrons. The van der Waals surface area contributed by atoms with E-state index >= 15 is 0 Å². The fourth-order valence-electron chi connectivity index (χ4n) is 1.37. The third-order valence-corrected chi connectivity index (χ3v) is 2.10. The van der Waals surface area contributed by atoms with E-state index in [0.717, 1.165) is 5.39 Å². The third-order valence-electron chi connectivity index (χ3n) is 2.10. The van der Waals surface area contributed by atoms with Crippen LogP contribution in [0.4, 0.5) is 4.39 Å². The standard InChI is InChI=1S/C10H9FN2O/c11-8-2-1-6-3-7(5-12)10(14)13-9(6)4-8/h1-4H,5,12H2,(H,13,14). The first kappa shape index (κ1) is 8.90. The van der Waals surface area contributed by atoms with Crippen molar-refractivity contribution in [3.05, 3.63) is 46.0 Å². The zero-order valence-electron chi connectivity index (χ0n) is 7.38. The summed E-state index contributed by atoms with van der Waals surface area (Å²) >= 11 is 0. The third kappa shape index (κ3) is 1.40. The summed E-state index contributed by atoms with van der Waals surface area (Å²) in [4.78, 5) is 13.9. The van der Waals surface area contributed by atoms with Crippen molar-refractivity contribution in [2.24, 2.45) is 5.73 Å². The Morgan fingerprint density at radius 2 is 2.14 bits per heavy atom. The molecule has 0 aliphatic heterocycles. The van der Waals surface area contributed by atoms with Crippen LogP contribution in [0, 0.1) is 5.82 Å². The molecule has 3 N–H and O–H groups in total. The fourth-order valence-corrected chi connectivity index (χ4v) is 1.37. The predicted molar refractivity (Wildman–Crippen MR) is 52.4 cm³/mol. The van der Waals surface area contributed by atoms with Crippen molar-refractivity contribution in [1.29, 1.82) is 0 Å². The smallest absolute Gasteiger partial charge is 0.252 e. The summed E-state index contributed by atoms with van der Waals surface area (Å²) in [5.41, 5.74) is 6.12. The molecule has 0 fully saturated rings. The second kappa shape index (κ2) is 3.23. The molecule has 4 heteroatoms. The number of nitrogens with two attached hydrogens (primary N) is 1. The first-order valence-electron chi connectivity index (χ1n) is 4.22. The van der Waals surface area contributed by atoms with E-state index in [1.165, 1.54) is 12.1 Å². The molecule has 3 nitrogen and oxygen atoms in total. The maximum Gasteiger partial charge on any atom is 0.252 e. The van der Waals surface area contributed by atoms with Crippen molar-refractivity contribution < 1.29 is 4.39 Å². The monoisotopic (exact) mass is 192 g/mol. The summed E-state index contributed by atoms with van der Waals surface area (Å²) in [6, 6.07) is 5.92. The predicted octanol–water partition coefficient (Wildman–Crippen LogP) is 1.13. The zero-order valence-corrected chi connectivity index (χ0v) is 7.38. The van der Waals surface area contributed by atoms with Crippen LogP contribution in [-0.2, 0) is 6.54 Å². The van der Waals surface area contributed by atoms with Crippen molar-refractivity contribution in [2.45, 2.75) is 6.54 Å². The van der Waals surface area contributed by atoms with E-state index in [9.17, 15) is 9.18 Å². The minimum Gasteiger partial charge on any atom is -0.326 e. The zero-order chi connectivity index (χ0) is 10.1. The van der Waals surface area contributed by atoms with Crippen molar-refractivity contribution in [3.8, 4) is 0 Å². The Labute approximate surface area is 79.4 Å². The SMILES string of the molecule is NCc1cc2ccc(F)cc2[nH]c1=O. The van der Waals surface area contributed by atoms with Crippen LogP contribution < -0.4 is 11.3 Å². The average molecular weight is 192 g/mol. The van der Waals surface area contributed by atoms with Gasteiger partial charge in [0.1, 0.15) is 5.82 Å². The molecule has 0 aliphatic rings. The van der Waals surface area contributed by atoms with Gasteiger partial charge in [-0.1, -0.05) is 0 Å². The van der Waals surface area contributed by atoms with Crippen LogP contribution in [0.2, 0.25) is 0 Å². The van der Waals surface area contributed by atoms with Gasteiger partial charge in [-0.15, -0.1) is 0 Å². The topological polar surface area (TPSA) is 58.9 Å².